The van der Waals surface area contributed by atoms with Crippen LogP contribution in [0.4, 0.5) is 4.79 Å². The van der Waals surface area contributed by atoms with Gasteiger partial charge in [0.15, 0.2) is 8.32 Å². The number of nitrogens with zero attached hydrogens (tertiary/aromatic N) is 1. The molecule has 1 saturated heterocycles. The third-order valence-electron chi connectivity index (χ3n) is 3.49. The van der Waals surface area contributed by atoms with Gasteiger partial charge in [-0.1, -0.05) is 6.92 Å². The van der Waals surface area contributed by atoms with Crippen molar-refractivity contribution in [1.82, 2.24) is 4.90 Å². The molecule has 0 aromatic heterocycles. The maximum atomic E-state index is 12.1. The molecule has 0 radical (unpaired) electrons. The molecule has 1 fully saturated rings. The van der Waals surface area contributed by atoms with Gasteiger partial charge in [-0.15, -0.1) is 0 Å². The molecule has 1 aliphatic heterocycles. The van der Waals surface area contributed by atoms with Crippen LogP contribution in [0.2, 0.25) is 19.6 Å². The van der Waals surface area contributed by atoms with Crippen molar-refractivity contribution in [3.63, 3.8) is 0 Å². The minimum Gasteiger partial charge on any atom is -0.444 e. The maximum Gasteiger partial charge on any atom is 0.410 e. The molecule has 0 unspecified atom stereocenters. The normalized spacial score (nSPS) is 19.9. The predicted octanol–water partition coefficient (Wildman–Crippen LogP) is 4.02. The van der Waals surface area contributed by atoms with Crippen molar-refractivity contribution in [2.75, 3.05) is 13.1 Å². The number of piperidine rings is 1. The zero-order valence-electron chi connectivity index (χ0n) is 14.2. The van der Waals surface area contributed by atoms with E-state index in [1.54, 1.807) is 0 Å². The highest BCUT2D eigenvalue weighted by Gasteiger charge is 2.39. The van der Waals surface area contributed by atoms with E-state index in [9.17, 15) is 4.79 Å². The smallest absolute Gasteiger partial charge is 0.410 e. The molecule has 0 spiro atoms. The van der Waals surface area contributed by atoms with Gasteiger partial charge in [0.05, 0.1) is 5.60 Å². The Morgan fingerprint density at radius 3 is 2.05 bits per heavy atom. The maximum absolute atomic E-state index is 12.1. The monoisotopic (exact) mass is 301 g/mol. The molecular formula is C15H31NO3Si. The SMILES string of the molecule is CCC1(O[Si](C)(C)C)CCN(C(=O)OC(C)(C)C)CC1. The summed E-state index contributed by atoms with van der Waals surface area (Å²) in [4.78, 5) is 13.9. The van der Waals surface area contributed by atoms with Crippen LogP contribution < -0.4 is 0 Å². The second-order valence-corrected chi connectivity index (χ2v) is 12.1. The molecular weight excluding hydrogens is 270 g/mol. The van der Waals surface area contributed by atoms with Gasteiger partial charge in [-0.25, -0.2) is 4.79 Å². The lowest BCUT2D eigenvalue weighted by Crippen LogP contribution is -2.52. The van der Waals surface area contributed by atoms with Gasteiger partial charge in [0.25, 0.3) is 0 Å². The zero-order chi connectivity index (χ0) is 15.6. The van der Waals surface area contributed by atoms with Crippen LogP contribution in [0.1, 0.15) is 47.0 Å². The number of amides is 1. The molecule has 0 bridgehead atoms. The van der Waals surface area contributed by atoms with E-state index in [0.29, 0.717) is 0 Å². The lowest BCUT2D eigenvalue weighted by Gasteiger charge is -2.44. The molecule has 5 heteroatoms. The summed E-state index contributed by atoms with van der Waals surface area (Å²) < 4.78 is 11.8. The Morgan fingerprint density at radius 1 is 1.20 bits per heavy atom. The molecule has 4 nitrogen and oxygen atoms in total. The van der Waals surface area contributed by atoms with Gasteiger partial charge in [0, 0.05) is 13.1 Å². The fraction of sp³-hybridized carbons (Fsp3) is 0.933. The van der Waals surface area contributed by atoms with Crippen molar-refractivity contribution in [2.24, 2.45) is 0 Å². The molecule has 0 saturated carbocycles. The van der Waals surface area contributed by atoms with Crippen LogP contribution in [0.3, 0.4) is 0 Å². The highest BCUT2D eigenvalue weighted by atomic mass is 28.4. The van der Waals surface area contributed by atoms with E-state index in [0.717, 1.165) is 32.4 Å². The van der Waals surface area contributed by atoms with Gasteiger partial charge in [-0.3, -0.25) is 0 Å². The van der Waals surface area contributed by atoms with Crippen molar-refractivity contribution in [1.29, 1.82) is 0 Å². The average molecular weight is 302 g/mol. The first-order valence-corrected chi connectivity index (χ1v) is 11.1. The molecule has 0 aliphatic carbocycles. The quantitative estimate of drug-likeness (QED) is 0.739. The average Bonchev–Trinajstić information content (AvgIpc) is 2.25. The highest BCUT2D eigenvalue weighted by Crippen LogP contribution is 2.33. The Hall–Kier alpha value is -0.553. The van der Waals surface area contributed by atoms with Crippen molar-refractivity contribution < 1.29 is 14.0 Å². The van der Waals surface area contributed by atoms with Crippen LogP contribution in [0.5, 0.6) is 0 Å². The predicted molar refractivity (Wildman–Crippen MR) is 84.5 cm³/mol. The molecule has 118 valence electrons. The van der Waals surface area contributed by atoms with E-state index in [2.05, 4.69) is 26.6 Å². The summed E-state index contributed by atoms with van der Waals surface area (Å²) in [6, 6.07) is 0. The van der Waals surface area contributed by atoms with Gasteiger partial charge in [-0.2, -0.15) is 0 Å². The Kier molecular flexibility index (Phi) is 5.30. The van der Waals surface area contributed by atoms with Crippen molar-refractivity contribution in [3.05, 3.63) is 0 Å². The van der Waals surface area contributed by atoms with Crippen LogP contribution in [0.15, 0.2) is 0 Å². The molecule has 1 rings (SSSR count). The summed E-state index contributed by atoms with van der Waals surface area (Å²) >= 11 is 0. The minimum absolute atomic E-state index is 0.0387. The summed E-state index contributed by atoms with van der Waals surface area (Å²) in [6.07, 6.45) is 2.63. The molecule has 0 aromatic rings. The molecule has 0 aromatic carbocycles. The molecule has 1 amide bonds. The third kappa shape index (κ3) is 5.44. The number of hydrogen-bond donors (Lipinski definition) is 0. The second kappa shape index (κ2) is 6.06. The summed E-state index contributed by atoms with van der Waals surface area (Å²) in [7, 11) is -1.56. The van der Waals surface area contributed by atoms with Gasteiger partial charge in [0.2, 0.25) is 0 Å². The van der Waals surface area contributed by atoms with Crippen LogP contribution in [0.25, 0.3) is 0 Å². The summed E-state index contributed by atoms with van der Waals surface area (Å²) in [5, 5.41) is 0. The lowest BCUT2D eigenvalue weighted by molar-refractivity contribution is -0.0232. The fourth-order valence-corrected chi connectivity index (χ4v) is 4.25. The summed E-state index contributed by atoms with van der Waals surface area (Å²) in [5.74, 6) is 0. The van der Waals surface area contributed by atoms with E-state index >= 15 is 0 Å². The number of likely N-dealkylation sites (tertiary alicyclic amines) is 1. The molecule has 0 atom stereocenters. The van der Waals surface area contributed by atoms with Crippen LogP contribution in [-0.4, -0.2) is 43.6 Å². The minimum atomic E-state index is -1.56. The fourth-order valence-electron chi connectivity index (χ4n) is 2.60. The number of ether oxygens (including phenoxy) is 1. The van der Waals surface area contributed by atoms with Crippen molar-refractivity contribution >= 4 is 14.4 Å². The molecule has 1 heterocycles. The first-order valence-electron chi connectivity index (χ1n) is 7.64. The number of rotatable bonds is 3. The van der Waals surface area contributed by atoms with E-state index in [1.165, 1.54) is 0 Å². The first kappa shape index (κ1) is 17.5. The Labute approximate surface area is 124 Å². The number of hydrogen-bond acceptors (Lipinski definition) is 3. The largest absolute Gasteiger partial charge is 0.444 e. The lowest BCUT2D eigenvalue weighted by atomic mass is 9.89. The van der Waals surface area contributed by atoms with E-state index in [-0.39, 0.29) is 11.7 Å². The molecule has 1 aliphatic rings. The zero-order valence-corrected chi connectivity index (χ0v) is 15.2. The second-order valence-electron chi connectivity index (χ2n) is 7.72. The summed E-state index contributed by atoms with van der Waals surface area (Å²) in [6.45, 7) is 16.0. The van der Waals surface area contributed by atoms with Crippen molar-refractivity contribution in [3.8, 4) is 0 Å². The van der Waals surface area contributed by atoms with Gasteiger partial charge in [-0.05, 0) is 59.7 Å². The first-order chi connectivity index (χ1) is 8.96. The van der Waals surface area contributed by atoms with Crippen LogP contribution in [0, 0.1) is 0 Å². The Morgan fingerprint density at radius 2 is 1.70 bits per heavy atom. The third-order valence-corrected chi connectivity index (χ3v) is 4.54. The highest BCUT2D eigenvalue weighted by molar-refractivity contribution is 6.69. The standard InChI is InChI=1S/C15H31NO3Si/c1-8-15(19-20(5,6)7)9-11-16(12-10-15)13(17)18-14(2,3)4/h8-12H2,1-7H3. The molecule has 20 heavy (non-hydrogen) atoms. The Bertz CT molecular complexity index is 336. The topological polar surface area (TPSA) is 38.8 Å². The summed E-state index contributed by atoms with van der Waals surface area (Å²) in [5.41, 5.74) is -0.464. The van der Waals surface area contributed by atoms with E-state index in [4.69, 9.17) is 9.16 Å². The molecule has 0 N–H and O–H groups in total. The van der Waals surface area contributed by atoms with E-state index in [1.807, 2.05) is 25.7 Å². The van der Waals surface area contributed by atoms with Gasteiger partial charge in [0.1, 0.15) is 5.60 Å². The van der Waals surface area contributed by atoms with Crippen LogP contribution in [-0.2, 0) is 9.16 Å². The van der Waals surface area contributed by atoms with Crippen molar-refractivity contribution in [2.45, 2.75) is 77.8 Å². The number of carbonyl (C=O) groups excluding carboxylic acids is 1. The Balaban J connectivity index is 2.59. The van der Waals surface area contributed by atoms with Gasteiger partial charge >= 0.3 is 6.09 Å². The number of carbonyl (C=O) groups is 1. The van der Waals surface area contributed by atoms with Crippen LogP contribution >= 0.6 is 0 Å². The van der Waals surface area contributed by atoms with E-state index < -0.39 is 13.9 Å². The van der Waals surface area contributed by atoms with Gasteiger partial charge < -0.3 is 14.1 Å².